The number of furan rings is 1. The van der Waals surface area contributed by atoms with Crippen LogP contribution in [-0.2, 0) is 0 Å². The summed E-state index contributed by atoms with van der Waals surface area (Å²) in [5, 5.41) is 12.2. The van der Waals surface area contributed by atoms with E-state index < -0.39 is 0 Å². The molecule has 0 bridgehead atoms. The molecule has 2 heteroatoms. The molecule has 0 amide bonds. The Morgan fingerprint density at radius 3 is 1.79 bits per heavy atom. The van der Waals surface area contributed by atoms with Gasteiger partial charge >= 0.3 is 0 Å². The predicted octanol–water partition coefficient (Wildman–Crippen LogP) is 13.3. The molecule has 0 aliphatic heterocycles. The van der Waals surface area contributed by atoms with Gasteiger partial charge in [-0.15, -0.1) is 0 Å². The van der Waals surface area contributed by atoms with Crippen LogP contribution in [0.1, 0.15) is 0 Å². The summed E-state index contributed by atoms with van der Waals surface area (Å²) in [5.74, 6) is 0. The van der Waals surface area contributed by atoms with Crippen molar-refractivity contribution in [1.82, 2.24) is 0 Å². The van der Waals surface area contributed by atoms with E-state index in [-0.39, 0.29) is 0 Å². The zero-order chi connectivity index (χ0) is 31.6. The van der Waals surface area contributed by atoms with Crippen molar-refractivity contribution in [3.8, 4) is 11.1 Å². The summed E-state index contributed by atoms with van der Waals surface area (Å²) in [6.07, 6.45) is 0. The van der Waals surface area contributed by atoms with E-state index in [1.807, 2.05) is 12.1 Å². The highest BCUT2D eigenvalue weighted by Gasteiger charge is 2.20. The summed E-state index contributed by atoms with van der Waals surface area (Å²) >= 11 is 0. The van der Waals surface area contributed by atoms with E-state index >= 15 is 0 Å². The zero-order valence-corrected chi connectivity index (χ0v) is 26.1. The Kier molecular flexibility index (Phi) is 5.91. The molecule has 0 fully saturated rings. The number of rotatable bonds is 4. The summed E-state index contributed by atoms with van der Waals surface area (Å²) in [7, 11) is 0. The van der Waals surface area contributed by atoms with Crippen LogP contribution in [0.5, 0.6) is 0 Å². The highest BCUT2D eigenvalue weighted by molar-refractivity contribution is 6.23. The molecule has 1 heterocycles. The Labute approximate surface area is 277 Å². The lowest BCUT2D eigenvalue weighted by atomic mass is 9.94. The highest BCUT2D eigenvalue weighted by atomic mass is 16.3. The van der Waals surface area contributed by atoms with Crippen LogP contribution in [0.4, 0.5) is 17.1 Å². The van der Waals surface area contributed by atoms with Gasteiger partial charge in [0.05, 0.1) is 5.69 Å². The van der Waals surface area contributed by atoms with Crippen molar-refractivity contribution in [2.45, 2.75) is 0 Å². The minimum atomic E-state index is 0.890. The van der Waals surface area contributed by atoms with E-state index in [2.05, 4.69) is 169 Å². The number of fused-ring (bicyclic) bond motifs is 9. The molecule has 0 spiro atoms. The van der Waals surface area contributed by atoms with Crippen molar-refractivity contribution >= 4 is 82.1 Å². The molecule has 0 aliphatic carbocycles. The number of anilines is 3. The van der Waals surface area contributed by atoms with Gasteiger partial charge in [0.2, 0.25) is 0 Å². The first-order valence-electron chi connectivity index (χ1n) is 16.4. The maximum Gasteiger partial charge on any atom is 0.135 e. The van der Waals surface area contributed by atoms with Crippen LogP contribution in [0.25, 0.3) is 76.2 Å². The van der Waals surface area contributed by atoms with Crippen LogP contribution in [0.3, 0.4) is 0 Å². The zero-order valence-electron chi connectivity index (χ0n) is 26.1. The minimum Gasteiger partial charge on any atom is -0.456 e. The van der Waals surface area contributed by atoms with E-state index in [9.17, 15) is 0 Å². The molecule has 9 aromatic carbocycles. The Morgan fingerprint density at radius 1 is 0.354 bits per heavy atom. The molecular formula is C46H29NO. The fourth-order valence-electron chi connectivity index (χ4n) is 7.59. The van der Waals surface area contributed by atoms with Gasteiger partial charge in [-0.25, -0.2) is 0 Å². The molecule has 10 aromatic rings. The van der Waals surface area contributed by atoms with E-state index in [0.29, 0.717) is 0 Å². The lowest BCUT2D eigenvalue weighted by Crippen LogP contribution is -2.10. The first-order chi connectivity index (χ1) is 23.8. The Morgan fingerprint density at radius 2 is 0.958 bits per heavy atom. The molecule has 1 aromatic heterocycles. The van der Waals surface area contributed by atoms with E-state index in [4.69, 9.17) is 4.42 Å². The fraction of sp³-hybridized carbons (Fsp3) is 0. The van der Waals surface area contributed by atoms with Crippen LogP contribution in [0.15, 0.2) is 180 Å². The van der Waals surface area contributed by atoms with Gasteiger partial charge in [-0.2, -0.15) is 0 Å². The Balaban J connectivity index is 1.23. The van der Waals surface area contributed by atoms with E-state index in [1.165, 1.54) is 54.2 Å². The molecule has 10 rings (SSSR count). The van der Waals surface area contributed by atoms with Crippen molar-refractivity contribution < 1.29 is 4.42 Å². The molecule has 0 saturated heterocycles. The molecule has 0 unspecified atom stereocenters. The molecule has 0 atom stereocenters. The molecule has 224 valence electrons. The number of hydrogen-bond donors (Lipinski definition) is 0. The van der Waals surface area contributed by atoms with Gasteiger partial charge in [-0.3, -0.25) is 0 Å². The molecule has 0 aliphatic rings. The lowest BCUT2D eigenvalue weighted by Gasteiger charge is -2.28. The Bertz CT molecular complexity index is 2840. The summed E-state index contributed by atoms with van der Waals surface area (Å²) < 4.78 is 6.25. The maximum absolute atomic E-state index is 6.25. The molecular weight excluding hydrogens is 583 g/mol. The molecule has 48 heavy (non-hydrogen) atoms. The van der Waals surface area contributed by atoms with Gasteiger partial charge in [0.15, 0.2) is 0 Å². The SMILES string of the molecule is c1ccc2c(-c3ccc(N(c4ccc5oc6ccccc6c5c4)c4cc5ccc6ccccc6c5c5ccccc45)cc3)cccc2c1. The third kappa shape index (κ3) is 4.13. The van der Waals surface area contributed by atoms with Crippen molar-refractivity contribution in [1.29, 1.82) is 0 Å². The quantitative estimate of drug-likeness (QED) is 0.184. The predicted molar refractivity (Wildman–Crippen MR) is 204 cm³/mol. The van der Waals surface area contributed by atoms with E-state index in [0.717, 1.165) is 39.0 Å². The normalized spacial score (nSPS) is 11.8. The van der Waals surface area contributed by atoms with Crippen LogP contribution in [0, 0.1) is 0 Å². The number of hydrogen-bond acceptors (Lipinski definition) is 2. The Hall–Kier alpha value is -6.38. The summed E-state index contributed by atoms with van der Waals surface area (Å²) in [6, 6.07) is 63.4. The molecule has 0 radical (unpaired) electrons. The van der Waals surface area contributed by atoms with Crippen molar-refractivity contribution in [3.05, 3.63) is 176 Å². The highest BCUT2D eigenvalue weighted by Crippen LogP contribution is 2.45. The van der Waals surface area contributed by atoms with Gasteiger partial charge in [0, 0.05) is 27.5 Å². The molecule has 0 saturated carbocycles. The number of para-hydroxylation sites is 1. The summed E-state index contributed by atoms with van der Waals surface area (Å²) in [5.41, 5.74) is 7.54. The smallest absolute Gasteiger partial charge is 0.135 e. The third-order valence-corrected chi connectivity index (χ3v) is 9.81. The second-order valence-corrected chi connectivity index (χ2v) is 12.5. The van der Waals surface area contributed by atoms with Crippen LogP contribution in [0.2, 0.25) is 0 Å². The average molecular weight is 612 g/mol. The van der Waals surface area contributed by atoms with Crippen molar-refractivity contribution in [2.24, 2.45) is 0 Å². The molecule has 2 nitrogen and oxygen atoms in total. The lowest BCUT2D eigenvalue weighted by molar-refractivity contribution is 0.669. The first kappa shape index (κ1) is 26.8. The van der Waals surface area contributed by atoms with Crippen LogP contribution in [-0.4, -0.2) is 0 Å². The minimum absolute atomic E-state index is 0.890. The molecule has 0 N–H and O–H groups in total. The second kappa shape index (κ2) is 10.6. The van der Waals surface area contributed by atoms with Gasteiger partial charge in [-0.05, 0) is 91.3 Å². The third-order valence-electron chi connectivity index (χ3n) is 9.81. The fourth-order valence-corrected chi connectivity index (χ4v) is 7.59. The van der Waals surface area contributed by atoms with Gasteiger partial charge in [0.25, 0.3) is 0 Å². The average Bonchev–Trinajstić information content (AvgIpc) is 3.53. The van der Waals surface area contributed by atoms with Gasteiger partial charge < -0.3 is 9.32 Å². The standard InChI is InChI=1S/C46H29NO/c1-3-13-36-30(10-1)12-9-18-37(36)32-22-24-34(25-23-32)47(35-26-27-45-42(29-35)40-16-7-8-19-44(40)48-45)43-28-33-21-20-31-11-2-4-14-38(31)46(33)41-17-6-5-15-39(41)43/h1-29H. The van der Waals surface area contributed by atoms with Gasteiger partial charge in [-0.1, -0.05) is 133 Å². The summed E-state index contributed by atoms with van der Waals surface area (Å²) in [6.45, 7) is 0. The second-order valence-electron chi connectivity index (χ2n) is 12.5. The summed E-state index contributed by atoms with van der Waals surface area (Å²) in [4.78, 5) is 2.41. The van der Waals surface area contributed by atoms with Gasteiger partial charge in [0.1, 0.15) is 11.2 Å². The van der Waals surface area contributed by atoms with Crippen LogP contribution >= 0.6 is 0 Å². The van der Waals surface area contributed by atoms with E-state index in [1.54, 1.807) is 0 Å². The maximum atomic E-state index is 6.25. The largest absolute Gasteiger partial charge is 0.456 e. The first-order valence-corrected chi connectivity index (χ1v) is 16.4. The van der Waals surface area contributed by atoms with Crippen molar-refractivity contribution in [2.75, 3.05) is 4.90 Å². The van der Waals surface area contributed by atoms with Crippen molar-refractivity contribution in [3.63, 3.8) is 0 Å². The number of benzene rings is 9. The monoisotopic (exact) mass is 611 g/mol. The topological polar surface area (TPSA) is 16.4 Å². The van der Waals surface area contributed by atoms with Crippen LogP contribution < -0.4 is 4.90 Å². The number of nitrogens with zero attached hydrogens (tertiary/aromatic N) is 1.